The molecular weight excluding hydrogens is 336 g/mol. The van der Waals surface area contributed by atoms with Gasteiger partial charge in [-0.1, -0.05) is 30.7 Å². The minimum absolute atomic E-state index is 0.00778. The van der Waals surface area contributed by atoms with Crippen LogP contribution >= 0.6 is 11.6 Å². The number of aryl methyl sites for hydroxylation is 1. The van der Waals surface area contributed by atoms with Crippen LogP contribution in [0.1, 0.15) is 41.5 Å². The Morgan fingerprint density at radius 3 is 2.80 bits per heavy atom. The fourth-order valence-corrected chi connectivity index (χ4v) is 3.20. The molecule has 1 amide bonds. The second kappa shape index (κ2) is 7.83. The number of piperidine rings is 1. The number of amides is 1. The lowest BCUT2D eigenvalue weighted by Gasteiger charge is -2.30. The van der Waals surface area contributed by atoms with Gasteiger partial charge in [0, 0.05) is 30.4 Å². The Hall–Kier alpha value is -2.14. The van der Waals surface area contributed by atoms with Gasteiger partial charge in [0.05, 0.1) is 0 Å². The highest BCUT2D eigenvalue weighted by molar-refractivity contribution is 6.30. The Labute approximate surface area is 153 Å². The number of rotatable bonds is 4. The molecule has 6 heteroatoms. The van der Waals surface area contributed by atoms with Crippen LogP contribution in [0.4, 0.5) is 5.95 Å². The molecule has 1 aliphatic rings. The average Bonchev–Trinajstić information content (AvgIpc) is 2.60. The summed E-state index contributed by atoms with van der Waals surface area (Å²) in [5.74, 6) is 1.01. The van der Waals surface area contributed by atoms with E-state index in [0.717, 1.165) is 30.8 Å². The summed E-state index contributed by atoms with van der Waals surface area (Å²) in [5.41, 5.74) is 2.31. The number of carbonyl (C=O) groups excluding carboxylic acids is 1. The molecular formula is C19H23ClN4O. The molecule has 3 rings (SSSR count). The fourth-order valence-electron chi connectivity index (χ4n) is 3.08. The third-order valence-corrected chi connectivity index (χ3v) is 4.63. The lowest BCUT2D eigenvalue weighted by Crippen LogP contribution is -2.39. The minimum Gasteiger partial charge on any atom is -0.350 e. The standard InChI is InChI=1S/C19H23ClN4O/c1-13-4-3-9-24(12-13)18(25)17-10-14(2)22-19(23-17)21-11-15-5-7-16(20)8-6-15/h5-8,10,13H,3-4,9,11-12H2,1-2H3,(H,21,22,23). The Kier molecular flexibility index (Phi) is 5.53. The summed E-state index contributed by atoms with van der Waals surface area (Å²) < 4.78 is 0. The van der Waals surface area contributed by atoms with Crippen LogP contribution in [0.3, 0.4) is 0 Å². The summed E-state index contributed by atoms with van der Waals surface area (Å²) in [6, 6.07) is 9.36. The molecule has 1 N–H and O–H groups in total. The molecule has 2 aromatic rings. The molecule has 1 saturated heterocycles. The highest BCUT2D eigenvalue weighted by Crippen LogP contribution is 2.18. The maximum Gasteiger partial charge on any atom is 0.272 e. The molecule has 5 nitrogen and oxygen atoms in total. The predicted octanol–water partition coefficient (Wildman–Crippen LogP) is 3.92. The summed E-state index contributed by atoms with van der Waals surface area (Å²) in [4.78, 5) is 23.5. The zero-order valence-electron chi connectivity index (χ0n) is 14.6. The number of halogens is 1. The normalized spacial score (nSPS) is 17.4. The number of nitrogens with zero attached hydrogens (tertiary/aromatic N) is 3. The third kappa shape index (κ3) is 4.69. The van der Waals surface area contributed by atoms with Crippen LogP contribution in [0.25, 0.3) is 0 Å². The van der Waals surface area contributed by atoms with Crippen molar-refractivity contribution < 1.29 is 4.79 Å². The smallest absolute Gasteiger partial charge is 0.272 e. The van der Waals surface area contributed by atoms with Crippen molar-refractivity contribution in [3.63, 3.8) is 0 Å². The predicted molar refractivity (Wildman–Crippen MR) is 99.8 cm³/mol. The van der Waals surface area contributed by atoms with E-state index in [4.69, 9.17) is 11.6 Å². The van der Waals surface area contributed by atoms with Gasteiger partial charge in [0.25, 0.3) is 5.91 Å². The number of carbonyl (C=O) groups is 1. The number of anilines is 1. The number of likely N-dealkylation sites (tertiary alicyclic amines) is 1. The molecule has 1 aromatic heterocycles. The van der Waals surface area contributed by atoms with Gasteiger partial charge < -0.3 is 10.2 Å². The average molecular weight is 359 g/mol. The van der Waals surface area contributed by atoms with E-state index >= 15 is 0 Å². The van der Waals surface area contributed by atoms with Crippen molar-refractivity contribution in [1.29, 1.82) is 0 Å². The maximum atomic E-state index is 12.8. The summed E-state index contributed by atoms with van der Waals surface area (Å²) in [6.45, 7) is 6.25. The molecule has 1 aliphatic heterocycles. The number of hydrogen-bond acceptors (Lipinski definition) is 4. The first kappa shape index (κ1) is 17.7. The molecule has 132 valence electrons. The van der Waals surface area contributed by atoms with Gasteiger partial charge >= 0.3 is 0 Å². The molecule has 1 fully saturated rings. The second-order valence-corrected chi connectivity index (χ2v) is 7.13. The van der Waals surface area contributed by atoms with E-state index in [-0.39, 0.29) is 5.91 Å². The lowest BCUT2D eigenvalue weighted by molar-refractivity contribution is 0.0677. The van der Waals surface area contributed by atoms with Gasteiger partial charge in [0.15, 0.2) is 0 Å². The largest absolute Gasteiger partial charge is 0.350 e. The Balaban J connectivity index is 1.71. The first-order valence-corrected chi connectivity index (χ1v) is 9.02. The van der Waals surface area contributed by atoms with Crippen molar-refractivity contribution in [3.8, 4) is 0 Å². The van der Waals surface area contributed by atoms with E-state index in [1.54, 1.807) is 6.07 Å². The van der Waals surface area contributed by atoms with E-state index in [0.29, 0.717) is 29.1 Å². The Morgan fingerprint density at radius 2 is 2.08 bits per heavy atom. The van der Waals surface area contributed by atoms with E-state index in [1.807, 2.05) is 36.1 Å². The highest BCUT2D eigenvalue weighted by Gasteiger charge is 2.23. The SMILES string of the molecule is Cc1cc(C(=O)N2CCCC(C)C2)nc(NCc2ccc(Cl)cc2)n1. The zero-order chi connectivity index (χ0) is 17.8. The summed E-state index contributed by atoms with van der Waals surface area (Å²) in [6.07, 6.45) is 2.24. The zero-order valence-corrected chi connectivity index (χ0v) is 15.4. The maximum absolute atomic E-state index is 12.8. The molecule has 1 atom stereocenters. The third-order valence-electron chi connectivity index (χ3n) is 4.38. The molecule has 0 radical (unpaired) electrons. The van der Waals surface area contributed by atoms with E-state index < -0.39 is 0 Å². The minimum atomic E-state index is -0.00778. The van der Waals surface area contributed by atoms with Gasteiger partial charge in [-0.2, -0.15) is 0 Å². The van der Waals surface area contributed by atoms with Crippen LogP contribution in [0, 0.1) is 12.8 Å². The molecule has 0 aliphatic carbocycles. The summed E-state index contributed by atoms with van der Waals surface area (Å²) in [7, 11) is 0. The van der Waals surface area contributed by atoms with Crippen molar-refractivity contribution >= 4 is 23.5 Å². The fraction of sp³-hybridized carbons (Fsp3) is 0.421. The molecule has 2 heterocycles. The van der Waals surface area contributed by atoms with Gasteiger partial charge in [-0.3, -0.25) is 4.79 Å². The summed E-state index contributed by atoms with van der Waals surface area (Å²) >= 11 is 5.90. The van der Waals surface area contributed by atoms with Crippen LogP contribution < -0.4 is 5.32 Å². The Morgan fingerprint density at radius 1 is 1.32 bits per heavy atom. The topological polar surface area (TPSA) is 58.1 Å². The van der Waals surface area contributed by atoms with Gasteiger partial charge in [-0.05, 0) is 49.4 Å². The molecule has 1 aromatic carbocycles. The van der Waals surface area contributed by atoms with Crippen LogP contribution in [0.15, 0.2) is 30.3 Å². The van der Waals surface area contributed by atoms with E-state index in [9.17, 15) is 4.79 Å². The van der Waals surface area contributed by atoms with Crippen molar-refractivity contribution in [2.75, 3.05) is 18.4 Å². The van der Waals surface area contributed by atoms with Crippen LogP contribution in [-0.2, 0) is 6.54 Å². The molecule has 1 unspecified atom stereocenters. The van der Waals surface area contributed by atoms with Crippen molar-refractivity contribution in [3.05, 3.63) is 52.3 Å². The van der Waals surface area contributed by atoms with E-state index in [2.05, 4.69) is 22.2 Å². The molecule has 0 bridgehead atoms. The number of hydrogen-bond donors (Lipinski definition) is 1. The Bertz CT molecular complexity index is 748. The second-order valence-electron chi connectivity index (χ2n) is 6.70. The van der Waals surface area contributed by atoms with Crippen molar-refractivity contribution in [2.24, 2.45) is 5.92 Å². The van der Waals surface area contributed by atoms with Crippen LogP contribution in [-0.4, -0.2) is 33.9 Å². The summed E-state index contributed by atoms with van der Waals surface area (Å²) in [5, 5.41) is 3.90. The quantitative estimate of drug-likeness (QED) is 0.899. The number of benzene rings is 1. The first-order chi connectivity index (χ1) is 12.0. The van der Waals surface area contributed by atoms with Crippen molar-refractivity contribution in [1.82, 2.24) is 14.9 Å². The highest BCUT2D eigenvalue weighted by atomic mass is 35.5. The van der Waals surface area contributed by atoms with Crippen LogP contribution in [0.5, 0.6) is 0 Å². The first-order valence-electron chi connectivity index (χ1n) is 8.64. The van der Waals surface area contributed by atoms with Gasteiger partial charge in [-0.15, -0.1) is 0 Å². The molecule has 25 heavy (non-hydrogen) atoms. The van der Waals surface area contributed by atoms with Crippen molar-refractivity contribution in [2.45, 2.75) is 33.2 Å². The van der Waals surface area contributed by atoms with Gasteiger partial charge in [-0.25, -0.2) is 9.97 Å². The van der Waals surface area contributed by atoms with Gasteiger partial charge in [0.1, 0.15) is 5.69 Å². The number of aromatic nitrogens is 2. The lowest BCUT2D eigenvalue weighted by atomic mass is 10.00. The molecule has 0 spiro atoms. The van der Waals surface area contributed by atoms with E-state index in [1.165, 1.54) is 6.42 Å². The van der Waals surface area contributed by atoms with Crippen LogP contribution in [0.2, 0.25) is 5.02 Å². The molecule has 0 saturated carbocycles. The van der Waals surface area contributed by atoms with Gasteiger partial charge in [0.2, 0.25) is 5.95 Å². The monoisotopic (exact) mass is 358 g/mol. The number of nitrogens with one attached hydrogen (secondary N) is 1.